The lowest BCUT2D eigenvalue weighted by molar-refractivity contribution is -0.116. The lowest BCUT2D eigenvalue weighted by Crippen LogP contribution is -2.14. The molecule has 1 heterocycles. The van der Waals surface area contributed by atoms with E-state index in [9.17, 15) is 14.0 Å². The molecule has 1 aromatic heterocycles. The summed E-state index contributed by atoms with van der Waals surface area (Å²) in [7, 11) is 0. The summed E-state index contributed by atoms with van der Waals surface area (Å²) >= 11 is 0. The fourth-order valence-corrected chi connectivity index (χ4v) is 2.08. The molecule has 1 amide bonds. The summed E-state index contributed by atoms with van der Waals surface area (Å²) < 4.78 is 17.7. The van der Waals surface area contributed by atoms with Gasteiger partial charge in [0.1, 0.15) is 11.5 Å². The topological polar surface area (TPSA) is 84.1 Å². The highest BCUT2D eigenvalue weighted by atomic mass is 19.1. The van der Waals surface area contributed by atoms with Crippen molar-refractivity contribution < 1.29 is 18.7 Å². The average Bonchev–Trinajstić information content (AvgIpc) is 2.96. The zero-order valence-corrected chi connectivity index (χ0v) is 12.9. The molecule has 0 aliphatic heterocycles. The molecule has 1 atom stereocenters. The number of rotatable bonds is 6. The first-order valence-corrected chi connectivity index (χ1v) is 7.27. The number of benzene rings is 1. The summed E-state index contributed by atoms with van der Waals surface area (Å²) in [6.45, 7) is 3.84. The van der Waals surface area contributed by atoms with Gasteiger partial charge < -0.3 is 10.1 Å². The van der Waals surface area contributed by atoms with E-state index in [0.29, 0.717) is 0 Å². The normalized spacial score (nSPS) is 11.8. The van der Waals surface area contributed by atoms with Crippen LogP contribution in [-0.2, 0) is 9.53 Å². The van der Waals surface area contributed by atoms with Crippen LogP contribution in [0, 0.1) is 5.82 Å². The van der Waals surface area contributed by atoms with Gasteiger partial charge in [-0.1, -0.05) is 19.1 Å². The minimum atomic E-state index is -0.528. The highest BCUT2D eigenvalue weighted by Gasteiger charge is 2.15. The Labute approximate surface area is 133 Å². The number of anilines is 1. The van der Waals surface area contributed by atoms with Gasteiger partial charge in [-0.25, -0.2) is 9.18 Å². The molecule has 0 fully saturated rings. The van der Waals surface area contributed by atoms with Gasteiger partial charge in [-0.15, -0.1) is 0 Å². The van der Waals surface area contributed by atoms with Crippen molar-refractivity contribution in [3.8, 4) is 0 Å². The Morgan fingerprint density at radius 1 is 1.35 bits per heavy atom. The molecule has 6 nitrogen and oxygen atoms in total. The van der Waals surface area contributed by atoms with E-state index in [4.69, 9.17) is 4.74 Å². The van der Waals surface area contributed by atoms with Crippen molar-refractivity contribution in [2.45, 2.75) is 26.2 Å². The number of amides is 1. The number of carbonyl (C=O) groups is 2. The van der Waals surface area contributed by atoms with Gasteiger partial charge in [0, 0.05) is 12.5 Å². The standard InChI is InChI=1S/C16H18FN3O3/c1-3-23-16(22)13-9-14(20-19-13)18-15(21)8-10(2)11-4-6-12(17)7-5-11/h4-7,9-10H,3,8H2,1-2H3,(H2,18,19,20,21)/t10-/m0/s1. The van der Waals surface area contributed by atoms with Crippen molar-refractivity contribution in [1.82, 2.24) is 10.2 Å². The van der Waals surface area contributed by atoms with E-state index in [1.165, 1.54) is 18.2 Å². The number of ether oxygens (including phenoxy) is 1. The Morgan fingerprint density at radius 2 is 2.04 bits per heavy atom. The van der Waals surface area contributed by atoms with Crippen LogP contribution in [0.4, 0.5) is 10.2 Å². The van der Waals surface area contributed by atoms with Gasteiger partial charge in [0.15, 0.2) is 5.82 Å². The number of nitrogens with zero attached hydrogens (tertiary/aromatic N) is 1. The second-order valence-corrected chi connectivity index (χ2v) is 5.09. The number of H-pyrrole nitrogens is 1. The first-order chi connectivity index (χ1) is 11.0. The summed E-state index contributed by atoms with van der Waals surface area (Å²) in [5.74, 6) is -0.902. The van der Waals surface area contributed by atoms with E-state index in [0.717, 1.165) is 5.56 Å². The van der Waals surface area contributed by atoms with E-state index in [1.54, 1.807) is 19.1 Å². The molecule has 0 aliphatic carbocycles. The fourth-order valence-electron chi connectivity index (χ4n) is 2.08. The Balaban J connectivity index is 1.91. The predicted octanol–water partition coefficient (Wildman–Crippen LogP) is 2.86. The maximum atomic E-state index is 12.9. The third kappa shape index (κ3) is 4.64. The molecular weight excluding hydrogens is 301 g/mol. The zero-order chi connectivity index (χ0) is 16.8. The Bertz CT molecular complexity index is 682. The number of aromatic nitrogens is 2. The van der Waals surface area contributed by atoms with Crippen LogP contribution in [0.1, 0.15) is 42.2 Å². The van der Waals surface area contributed by atoms with Crippen LogP contribution in [-0.4, -0.2) is 28.7 Å². The van der Waals surface area contributed by atoms with Gasteiger partial charge in [-0.05, 0) is 30.5 Å². The van der Waals surface area contributed by atoms with Crippen molar-refractivity contribution in [1.29, 1.82) is 0 Å². The highest BCUT2D eigenvalue weighted by molar-refractivity contribution is 5.93. The van der Waals surface area contributed by atoms with E-state index in [2.05, 4.69) is 15.5 Å². The molecule has 2 N–H and O–H groups in total. The van der Waals surface area contributed by atoms with Crippen LogP contribution in [0.2, 0.25) is 0 Å². The first-order valence-electron chi connectivity index (χ1n) is 7.27. The molecule has 2 rings (SSSR count). The summed E-state index contributed by atoms with van der Waals surface area (Å²) in [6, 6.07) is 7.45. The number of nitrogens with one attached hydrogen (secondary N) is 2. The Kier molecular flexibility index (Phi) is 5.46. The quantitative estimate of drug-likeness (QED) is 0.802. The monoisotopic (exact) mass is 319 g/mol. The van der Waals surface area contributed by atoms with Crippen molar-refractivity contribution >= 4 is 17.7 Å². The number of aromatic amines is 1. The molecule has 2 aromatic rings. The van der Waals surface area contributed by atoms with Crippen LogP contribution in [0.3, 0.4) is 0 Å². The fraction of sp³-hybridized carbons (Fsp3) is 0.312. The smallest absolute Gasteiger partial charge is 0.356 e. The number of halogens is 1. The summed E-state index contributed by atoms with van der Waals surface area (Å²) in [5.41, 5.74) is 1.05. The average molecular weight is 319 g/mol. The Morgan fingerprint density at radius 3 is 2.70 bits per heavy atom. The molecule has 0 unspecified atom stereocenters. The molecule has 23 heavy (non-hydrogen) atoms. The van der Waals surface area contributed by atoms with Crippen LogP contribution in [0.15, 0.2) is 30.3 Å². The minimum absolute atomic E-state index is 0.0703. The first kappa shape index (κ1) is 16.7. The molecular formula is C16H18FN3O3. The molecule has 0 spiro atoms. The van der Waals surface area contributed by atoms with Gasteiger partial charge in [0.05, 0.1) is 6.61 Å². The number of hydrogen-bond acceptors (Lipinski definition) is 4. The van der Waals surface area contributed by atoms with Gasteiger partial charge in [-0.3, -0.25) is 9.89 Å². The Hall–Kier alpha value is -2.70. The molecule has 0 radical (unpaired) electrons. The van der Waals surface area contributed by atoms with Crippen molar-refractivity contribution in [3.05, 3.63) is 47.4 Å². The van der Waals surface area contributed by atoms with Gasteiger partial charge >= 0.3 is 5.97 Å². The largest absolute Gasteiger partial charge is 0.461 e. The van der Waals surface area contributed by atoms with Crippen molar-refractivity contribution in [2.75, 3.05) is 11.9 Å². The minimum Gasteiger partial charge on any atom is -0.461 e. The van der Waals surface area contributed by atoms with Crippen LogP contribution >= 0.6 is 0 Å². The number of carbonyl (C=O) groups excluding carboxylic acids is 2. The molecule has 7 heteroatoms. The van der Waals surface area contributed by atoms with Crippen molar-refractivity contribution in [3.63, 3.8) is 0 Å². The number of esters is 1. The highest BCUT2D eigenvalue weighted by Crippen LogP contribution is 2.20. The van der Waals surface area contributed by atoms with E-state index in [-0.39, 0.29) is 42.2 Å². The number of hydrogen-bond donors (Lipinski definition) is 2. The van der Waals surface area contributed by atoms with Crippen LogP contribution < -0.4 is 5.32 Å². The predicted molar refractivity (Wildman–Crippen MR) is 82.6 cm³/mol. The second-order valence-electron chi connectivity index (χ2n) is 5.09. The second kappa shape index (κ2) is 7.53. The summed E-state index contributed by atoms with van der Waals surface area (Å²) in [6.07, 6.45) is 0.216. The molecule has 122 valence electrons. The van der Waals surface area contributed by atoms with Crippen LogP contribution in [0.5, 0.6) is 0 Å². The summed E-state index contributed by atoms with van der Waals surface area (Å²) in [4.78, 5) is 23.5. The third-order valence-corrected chi connectivity index (χ3v) is 3.27. The molecule has 0 saturated heterocycles. The lowest BCUT2D eigenvalue weighted by Gasteiger charge is -2.11. The molecule has 1 aromatic carbocycles. The summed E-state index contributed by atoms with van der Waals surface area (Å²) in [5, 5.41) is 8.96. The zero-order valence-electron chi connectivity index (χ0n) is 12.9. The van der Waals surface area contributed by atoms with Gasteiger partial charge in [0.25, 0.3) is 0 Å². The SMILES string of the molecule is CCOC(=O)c1cc(NC(=O)C[C@H](C)c2ccc(F)cc2)n[nH]1. The van der Waals surface area contributed by atoms with Gasteiger partial charge in [-0.2, -0.15) is 5.10 Å². The van der Waals surface area contributed by atoms with E-state index >= 15 is 0 Å². The van der Waals surface area contributed by atoms with E-state index < -0.39 is 5.97 Å². The third-order valence-electron chi connectivity index (χ3n) is 3.27. The maximum Gasteiger partial charge on any atom is 0.356 e. The maximum absolute atomic E-state index is 12.9. The molecule has 0 bridgehead atoms. The molecule has 0 aliphatic rings. The van der Waals surface area contributed by atoms with Gasteiger partial charge in [0.2, 0.25) is 5.91 Å². The van der Waals surface area contributed by atoms with Crippen LogP contribution in [0.25, 0.3) is 0 Å². The molecule has 0 saturated carbocycles. The lowest BCUT2D eigenvalue weighted by atomic mass is 9.97. The van der Waals surface area contributed by atoms with Crippen molar-refractivity contribution in [2.24, 2.45) is 0 Å². The van der Waals surface area contributed by atoms with E-state index in [1.807, 2.05) is 6.92 Å².